The van der Waals surface area contributed by atoms with Gasteiger partial charge >= 0.3 is 6.09 Å². The van der Waals surface area contributed by atoms with Crippen LogP contribution in [0.5, 0.6) is 0 Å². The Balaban J connectivity index is 1.55. The first-order valence-corrected chi connectivity index (χ1v) is 13.4. The number of aromatic nitrogens is 2. The van der Waals surface area contributed by atoms with E-state index in [0.29, 0.717) is 70.1 Å². The van der Waals surface area contributed by atoms with Crippen molar-refractivity contribution < 1.29 is 27.5 Å². The van der Waals surface area contributed by atoms with Crippen LogP contribution in [0.15, 0.2) is 6.20 Å². The smallest absolute Gasteiger partial charge is 0.409 e. The molecule has 1 unspecified atom stereocenters. The van der Waals surface area contributed by atoms with Crippen molar-refractivity contribution in [3.8, 4) is 0 Å². The standard InChI is InChI=1S/C21H34N6O6S/c1-5-33-21(30)25-12-10-24(11-13-25)20(29)16(3)27-14-18(15(2)23-27)22-19(28)17-6-8-26(9-7-17)34(4,31)32/h14,16-17H,5-13H2,1-4H3,(H,22,28). The molecule has 1 N–H and O–H groups in total. The van der Waals surface area contributed by atoms with Crippen LogP contribution in [0.1, 0.15) is 38.4 Å². The molecule has 3 heterocycles. The second-order valence-electron chi connectivity index (χ2n) is 8.72. The number of sulfonamides is 1. The largest absolute Gasteiger partial charge is 0.450 e. The summed E-state index contributed by atoms with van der Waals surface area (Å²) in [4.78, 5) is 40.9. The van der Waals surface area contributed by atoms with Crippen molar-refractivity contribution in [2.75, 3.05) is 57.4 Å². The molecule has 0 saturated carbocycles. The minimum absolute atomic E-state index is 0.114. The molecule has 0 spiro atoms. The maximum atomic E-state index is 13.0. The van der Waals surface area contributed by atoms with Gasteiger partial charge in [-0.1, -0.05) is 0 Å². The Morgan fingerprint density at radius 1 is 1.12 bits per heavy atom. The third-order valence-corrected chi connectivity index (χ3v) is 7.64. The topological polar surface area (TPSA) is 134 Å². The molecule has 2 fully saturated rings. The van der Waals surface area contributed by atoms with Gasteiger partial charge in [0.05, 0.1) is 24.2 Å². The van der Waals surface area contributed by atoms with Crippen LogP contribution in [-0.4, -0.2) is 102 Å². The number of nitrogens with one attached hydrogen (secondary N) is 1. The molecule has 3 amide bonds. The zero-order valence-corrected chi connectivity index (χ0v) is 21.0. The monoisotopic (exact) mass is 498 g/mol. The van der Waals surface area contributed by atoms with E-state index in [-0.39, 0.29) is 23.8 Å². The van der Waals surface area contributed by atoms with Crippen LogP contribution in [-0.2, 0) is 24.3 Å². The quantitative estimate of drug-likeness (QED) is 0.609. The molecule has 2 aliphatic heterocycles. The van der Waals surface area contributed by atoms with Gasteiger partial charge in [0.25, 0.3) is 0 Å². The molecule has 13 heteroatoms. The minimum Gasteiger partial charge on any atom is -0.450 e. The summed E-state index contributed by atoms with van der Waals surface area (Å²) in [5, 5.41) is 7.30. The van der Waals surface area contributed by atoms with Gasteiger partial charge in [-0.15, -0.1) is 0 Å². The molecule has 34 heavy (non-hydrogen) atoms. The molecule has 0 radical (unpaired) electrons. The number of nitrogens with zero attached hydrogens (tertiary/aromatic N) is 5. The number of piperazine rings is 1. The van der Waals surface area contributed by atoms with Crippen LogP contribution in [0.3, 0.4) is 0 Å². The number of aryl methyl sites for hydroxylation is 1. The van der Waals surface area contributed by atoms with E-state index in [9.17, 15) is 22.8 Å². The zero-order valence-electron chi connectivity index (χ0n) is 20.2. The number of anilines is 1. The van der Waals surface area contributed by atoms with Gasteiger partial charge in [-0.25, -0.2) is 17.5 Å². The van der Waals surface area contributed by atoms with Crippen LogP contribution in [0.2, 0.25) is 0 Å². The van der Waals surface area contributed by atoms with Crippen molar-refractivity contribution in [2.24, 2.45) is 5.92 Å². The van der Waals surface area contributed by atoms with E-state index in [1.807, 2.05) is 0 Å². The fourth-order valence-corrected chi connectivity index (χ4v) is 5.06. The average Bonchev–Trinajstić information content (AvgIpc) is 3.17. The fraction of sp³-hybridized carbons (Fsp3) is 0.714. The van der Waals surface area contributed by atoms with Gasteiger partial charge < -0.3 is 19.9 Å². The summed E-state index contributed by atoms with van der Waals surface area (Å²) in [6.45, 7) is 7.87. The maximum Gasteiger partial charge on any atom is 0.409 e. The zero-order chi connectivity index (χ0) is 25.0. The number of ether oxygens (including phenoxy) is 1. The Morgan fingerprint density at radius 3 is 2.26 bits per heavy atom. The molecule has 2 aliphatic rings. The van der Waals surface area contributed by atoms with Gasteiger partial charge in [-0.3, -0.25) is 14.3 Å². The van der Waals surface area contributed by atoms with Crippen molar-refractivity contribution in [1.29, 1.82) is 0 Å². The van der Waals surface area contributed by atoms with E-state index in [0.717, 1.165) is 0 Å². The number of hydrogen-bond donors (Lipinski definition) is 1. The molecule has 3 rings (SSSR count). The predicted octanol–water partition coefficient (Wildman–Crippen LogP) is 0.663. The third kappa shape index (κ3) is 6.06. The molecule has 0 aliphatic carbocycles. The van der Waals surface area contributed by atoms with Crippen molar-refractivity contribution in [1.82, 2.24) is 23.9 Å². The Kier molecular flexibility index (Phi) is 8.18. The number of carbonyl (C=O) groups is 3. The first-order valence-electron chi connectivity index (χ1n) is 11.5. The van der Waals surface area contributed by atoms with Crippen molar-refractivity contribution in [3.63, 3.8) is 0 Å². The van der Waals surface area contributed by atoms with Gasteiger partial charge in [0.2, 0.25) is 21.8 Å². The highest BCUT2D eigenvalue weighted by Gasteiger charge is 2.31. The molecule has 2 saturated heterocycles. The lowest BCUT2D eigenvalue weighted by molar-refractivity contribution is -0.136. The fourth-order valence-electron chi connectivity index (χ4n) is 4.19. The van der Waals surface area contributed by atoms with E-state index in [1.165, 1.54) is 15.2 Å². The highest BCUT2D eigenvalue weighted by atomic mass is 32.2. The Morgan fingerprint density at radius 2 is 1.71 bits per heavy atom. The van der Waals surface area contributed by atoms with Crippen molar-refractivity contribution in [3.05, 3.63) is 11.9 Å². The second kappa shape index (κ2) is 10.7. The number of carbonyl (C=O) groups excluding carboxylic acids is 3. The third-order valence-electron chi connectivity index (χ3n) is 6.34. The van der Waals surface area contributed by atoms with Crippen LogP contribution in [0, 0.1) is 12.8 Å². The number of amides is 3. The Bertz CT molecular complexity index is 1010. The van der Waals surface area contributed by atoms with E-state index in [1.54, 1.807) is 36.8 Å². The lowest BCUT2D eigenvalue weighted by Crippen LogP contribution is -2.52. The molecular formula is C21H34N6O6S. The van der Waals surface area contributed by atoms with Crippen LogP contribution < -0.4 is 5.32 Å². The molecular weight excluding hydrogens is 464 g/mol. The van der Waals surface area contributed by atoms with E-state index < -0.39 is 16.1 Å². The lowest BCUT2D eigenvalue weighted by atomic mass is 9.97. The molecule has 12 nitrogen and oxygen atoms in total. The van der Waals surface area contributed by atoms with Gasteiger partial charge in [0, 0.05) is 51.4 Å². The average molecular weight is 499 g/mol. The SMILES string of the molecule is CCOC(=O)N1CCN(C(=O)C(C)n2cc(NC(=O)C3CCN(S(C)(=O)=O)CC3)c(C)n2)CC1. The van der Waals surface area contributed by atoms with Gasteiger partial charge in [-0.05, 0) is 33.6 Å². The second-order valence-corrected chi connectivity index (χ2v) is 10.7. The predicted molar refractivity (Wildman–Crippen MR) is 125 cm³/mol. The number of rotatable bonds is 6. The summed E-state index contributed by atoms with van der Waals surface area (Å²) in [5.41, 5.74) is 1.12. The Hall–Kier alpha value is -2.67. The van der Waals surface area contributed by atoms with Gasteiger partial charge in [0.1, 0.15) is 6.04 Å². The molecule has 1 aromatic rings. The molecule has 1 atom stereocenters. The molecule has 190 valence electrons. The maximum absolute atomic E-state index is 13.0. The summed E-state index contributed by atoms with van der Waals surface area (Å²) < 4.78 is 31.3. The van der Waals surface area contributed by atoms with Gasteiger partial charge in [-0.2, -0.15) is 5.10 Å². The summed E-state index contributed by atoms with van der Waals surface area (Å²) >= 11 is 0. The molecule has 0 bridgehead atoms. The van der Waals surface area contributed by atoms with Crippen molar-refractivity contribution in [2.45, 2.75) is 39.7 Å². The van der Waals surface area contributed by atoms with Crippen LogP contribution in [0.4, 0.5) is 10.5 Å². The van der Waals surface area contributed by atoms with E-state index >= 15 is 0 Å². The first-order chi connectivity index (χ1) is 16.0. The molecule has 0 aromatic carbocycles. The Labute approximate surface area is 200 Å². The van der Waals surface area contributed by atoms with Crippen LogP contribution >= 0.6 is 0 Å². The summed E-state index contributed by atoms with van der Waals surface area (Å²) in [6.07, 6.45) is 3.37. The van der Waals surface area contributed by atoms with Gasteiger partial charge in [0.15, 0.2) is 0 Å². The van der Waals surface area contributed by atoms with E-state index in [2.05, 4.69) is 10.4 Å². The minimum atomic E-state index is -3.25. The lowest BCUT2D eigenvalue weighted by Gasteiger charge is -2.35. The summed E-state index contributed by atoms with van der Waals surface area (Å²) in [7, 11) is -3.25. The highest BCUT2D eigenvalue weighted by molar-refractivity contribution is 7.88. The number of piperidine rings is 1. The number of hydrogen-bond acceptors (Lipinski definition) is 7. The molecule has 1 aromatic heterocycles. The van der Waals surface area contributed by atoms with E-state index in [4.69, 9.17) is 4.74 Å². The normalized spacial score (nSPS) is 19.1. The first kappa shape index (κ1) is 25.9. The van der Waals surface area contributed by atoms with Crippen LogP contribution in [0.25, 0.3) is 0 Å². The van der Waals surface area contributed by atoms with Crippen molar-refractivity contribution >= 4 is 33.6 Å². The highest BCUT2D eigenvalue weighted by Crippen LogP contribution is 2.23. The summed E-state index contributed by atoms with van der Waals surface area (Å²) in [6, 6.07) is -0.573. The summed E-state index contributed by atoms with van der Waals surface area (Å²) in [5.74, 6) is -0.572.